The van der Waals surface area contributed by atoms with E-state index in [-0.39, 0.29) is 30.8 Å². The number of carbonyl (C=O) groups is 1. The van der Waals surface area contributed by atoms with Crippen LogP contribution in [0, 0.1) is 5.41 Å². The second kappa shape index (κ2) is 5.15. The van der Waals surface area contributed by atoms with E-state index in [9.17, 15) is 9.90 Å². The number of nitrogens with zero attached hydrogens (tertiary/aromatic N) is 1. The van der Waals surface area contributed by atoms with Gasteiger partial charge in [0.15, 0.2) is 0 Å². The summed E-state index contributed by atoms with van der Waals surface area (Å²) < 4.78 is 5.56. The number of aliphatic hydroxyl groups excluding tert-OH is 1. The summed E-state index contributed by atoms with van der Waals surface area (Å²) in [7, 11) is 0. The van der Waals surface area contributed by atoms with Gasteiger partial charge in [-0.05, 0) is 26.7 Å². The summed E-state index contributed by atoms with van der Waals surface area (Å²) in [5, 5.41) is 9.20. The topological polar surface area (TPSA) is 75.8 Å². The van der Waals surface area contributed by atoms with Gasteiger partial charge in [-0.3, -0.25) is 4.79 Å². The predicted octanol–water partition coefficient (Wildman–Crippen LogP) is 0.112. The minimum atomic E-state index is -0.433. The second-order valence-corrected chi connectivity index (χ2v) is 5.88. The van der Waals surface area contributed by atoms with Crippen molar-refractivity contribution in [3.8, 4) is 0 Å². The Morgan fingerprint density at radius 2 is 2.28 bits per heavy atom. The molecule has 1 aliphatic carbocycles. The number of nitrogens with two attached hydrogens (primary N) is 1. The van der Waals surface area contributed by atoms with Gasteiger partial charge in [-0.2, -0.15) is 0 Å². The van der Waals surface area contributed by atoms with E-state index in [0.29, 0.717) is 13.1 Å². The molecular weight excluding hydrogens is 232 g/mol. The van der Waals surface area contributed by atoms with Gasteiger partial charge in [0.2, 0.25) is 5.91 Å². The summed E-state index contributed by atoms with van der Waals surface area (Å²) in [6.45, 7) is 4.93. The van der Waals surface area contributed by atoms with E-state index in [1.807, 2.05) is 18.7 Å². The number of aliphatic hydroxyl groups is 1. The van der Waals surface area contributed by atoms with Crippen LogP contribution in [0.1, 0.15) is 33.1 Å². The number of amides is 1. The lowest BCUT2D eigenvalue weighted by Gasteiger charge is -2.41. The molecule has 0 aromatic rings. The minimum absolute atomic E-state index is 0.0268. The second-order valence-electron chi connectivity index (χ2n) is 5.88. The summed E-state index contributed by atoms with van der Waals surface area (Å²) in [6, 6.07) is -0.0456. The molecule has 0 spiro atoms. The first-order valence-corrected chi connectivity index (χ1v) is 6.78. The molecule has 4 atom stereocenters. The average molecular weight is 256 g/mol. The Morgan fingerprint density at radius 1 is 1.56 bits per heavy atom. The molecule has 1 saturated heterocycles. The minimum Gasteiger partial charge on any atom is -0.394 e. The Balaban J connectivity index is 2.08. The monoisotopic (exact) mass is 256 g/mol. The van der Waals surface area contributed by atoms with Gasteiger partial charge in [-0.25, -0.2) is 0 Å². The lowest BCUT2D eigenvalue weighted by atomic mass is 9.83. The molecule has 0 aromatic heterocycles. The normalized spacial score (nSPS) is 41.1. The molecule has 4 unspecified atom stereocenters. The van der Waals surface area contributed by atoms with Crippen molar-refractivity contribution in [1.29, 1.82) is 0 Å². The largest absolute Gasteiger partial charge is 0.394 e. The summed E-state index contributed by atoms with van der Waals surface area (Å²) in [5.74, 6) is 0.126. The maximum absolute atomic E-state index is 12.6. The molecule has 2 rings (SSSR count). The van der Waals surface area contributed by atoms with Crippen LogP contribution in [-0.2, 0) is 9.53 Å². The molecule has 1 saturated carbocycles. The molecule has 0 radical (unpaired) electrons. The van der Waals surface area contributed by atoms with Gasteiger partial charge in [-0.1, -0.05) is 6.42 Å². The Labute approximate surface area is 108 Å². The summed E-state index contributed by atoms with van der Waals surface area (Å²) in [6.07, 6.45) is 2.51. The number of carbonyl (C=O) groups excluding carboxylic acids is 1. The highest BCUT2D eigenvalue weighted by Gasteiger charge is 2.46. The molecule has 0 aromatic carbocycles. The molecule has 1 heterocycles. The van der Waals surface area contributed by atoms with E-state index < -0.39 is 5.41 Å². The van der Waals surface area contributed by atoms with Crippen LogP contribution in [0.15, 0.2) is 0 Å². The lowest BCUT2D eigenvalue weighted by Crippen LogP contribution is -2.56. The van der Waals surface area contributed by atoms with Crippen molar-refractivity contribution >= 4 is 5.91 Å². The predicted molar refractivity (Wildman–Crippen MR) is 67.9 cm³/mol. The van der Waals surface area contributed by atoms with Crippen molar-refractivity contribution in [2.24, 2.45) is 11.1 Å². The molecule has 2 aliphatic rings. The molecule has 5 heteroatoms. The smallest absolute Gasteiger partial charge is 0.230 e. The number of hydrogen-bond donors (Lipinski definition) is 2. The number of hydrogen-bond acceptors (Lipinski definition) is 4. The summed E-state index contributed by atoms with van der Waals surface area (Å²) in [4.78, 5) is 14.5. The van der Waals surface area contributed by atoms with E-state index in [1.165, 1.54) is 0 Å². The molecule has 1 amide bonds. The zero-order valence-electron chi connectivity index (χ0n) is 11.3. The van der Waals surface area contributed by atoms with Gasteiger partial charge in [-0.15, -0.1) is 0 Å². The standard InChI is InChI=1S/C13H24N2O3/c1-9-6-15(7-10(8-16)18-9)12(17)13(2)5-3-4-11(13)14/h9-11,16H,3-8,14H2,1-2H3. The van der Waals surface area contributed by atoms with Gasteiger partial charge >= 0.3 is 0 Å². The van der Waals surface area contributed by atoms with E-state index in [0.717, 1.165) is 19.3 Å². The van der Waals surface area contributed by atoms with Gasteiger partial charge < -0.3 is 20.5 Å². The fraction of sp³-hybridized carbons (Fsp3) is 0.923. The van der Waals surface area contributed by atoms with Crippen LogP contribution in [0.2, 0.25) is 0 Å². The van der Waals surface area contributed by atoms with Gasteiger partial charge in [0.05, 0.1) is 24.2 Å². The highest BCUT2D eigenvalue weighted by molar-refractivity contribution is 5.83. The van der Waals surface area contributed by atoms with Crippen molar-refractivity contribution in [3.05, 3.63) is 0 Å². The lowest BCUT2D eigenvalue weighted by molar-refractivity contribution is -0.156. The molecule has 2 fully saturated rings. The number of rotatable bonds is 2. The Kier molecular flexibility index (Phi) is 3.94. The van der Waals surface area contributed by atoms with E-state index in [1.54, 1.807) is 0 Å². The zero-order valence-corrected chi connectivity index (χ0v) is 11.3. The van der Waals surface area contributed by atoms with Crippen LogP contribution in [0.25, 0.3) is 0 Å². The van der Waals surface area contributed by atoms with E-state index in [4.69, 9.17) is 10.5 Å². The van der Waals surface area contributed by atoms with Crippen molar-refractivity contribution in [2.75, 3.05) is 19.7 Å². The van der Waals surface area contributed by atoms with Crippen molar-refractivity contribution in [1.82, 2.24) is 4.90 Å². The van der Waals surface area contributed by atoms with E-state index >= 15 is 0 Å². The van der Waals surface area contributed by atoms with Crippen LogP contribution in [0.3, 0.4) is 0 Å². The number of ether oxygens (including phenoxy) is 1. The summed E-state index contributed by atoms with van der Waals surface area (Å²) in [5.41, 5.74) is 5.66. The van der Waals surface area contributed by atoms with Crippen molar-refractivity contribution < 1.29 is 14.6 Å². The third-order valence-corrected chi connectivity index (χ3v) is 4.34. The molecule has 1 aliphatic heterocycles. The molecule has 18 heavy (non-hydrogen) atoms. The maximum atomic E-state index is 12.6. The quantitative estimate of drug-likeness (QED) is 0.735. The van der Waals surface area contributed by atoms with Gasteiger partial charge in [0.1, 0.15) is 0 Å². The van der Waals surface area contributed by atoms with Crippen LogP contribution >= 0.6 is 0 Å². The highest BCUT2D eigenvalue weighted by Crippen LogP contribution is 2.38. The highest BCUT2D eigenvalue weighted by atomic mass is 16.5. The molecule has 3 N–H and O–H groups in total. The summed E-state index contributed by atoms with van der Waals surface area (Å²) >= 11 is 0. The first-order chi connectivity index (χ1) is 8.47. The third-order valence-electron chi connectivity index (χ3n) is 4.34. The van der Waals surface area contributed by atoms with Gasteiger partial charge in [0, 0.05) is 19.1 Å². The SMILES string of the molecule is CC1CN(C(=O)C2(C)CCCC2N)CC(CO)O1. The maximum Gasteiger partial charge on any atom is 0.230 e. The van der Waals surface area contributed by atoms with Crippen LogP contribution in [0.5, 0.6) is 0 Å². The van der Waals surface area contributed by atoms with Crippen molar-refractivity contribution in [3.63, 3.8) is 0 Å². The average Bonchev–Trinajstić information content (AvgIpc) is 2.69. The first kappa shape index (κ1) is 13.8. The third kappa shape index (κ3) is 2.39. The molecule has 104 valence electrons. The first-order valence-electron chi connectivity index (χ1n) is 6.78. The zero-order chi connectivity index (χ0) is 13.3. The van der Waals surface area contributed by atoms with E-state index in [2.05, 4.69) is 0 Å². The van der Waals surface area contributed by atoms with Crippen LogP contribution in [0.4, 0.5) is 0 Å². The molecule has 5 nitrogen and oxygen atoms in total. The molecular formula is C13H24N2O3. The molecule has 0 bridgehead atoms. The van der Waals surface area contributed by atoms with Gasteiger partial charge in [0.25, 0.3) is 0 Å². The Morgan fingerprint density at radius 3 is 2.83 bits per heavy atom. The fourth-order valence-electron chi connectivity index (χ4n) is 3.13. The Hall–Kier alpha value is -0.650. The fourth-order valence-corrected chi connectivity index (χ4v) is 3.13. The van der Waals surface area contributed by atoms with Crippen LogP contribution in [-0.4, -0.2) is 53.9 Å². The van der Waals surface area contributed by atoms with Crippen molar-refractivity contribution in [2.45, 2.75) is 51.4 Å². The Bertz CT molecular complexity index is 323. The van der Waals surface area contributed by atoms with Crippen LogP contribution < -0.4 is 5.73 Å². The number of morpholine rings is 1.